The van der Waals surface area contributed by atoms with Crippen LogP contribution in [0.25, 0.3) is 0 Å². The average Bonchev–Trinajstić information content (AvgIpc) is 3.12. The summed E-state index contributed by atoms with van der Waals surface area (Å²) in [7, 11) is -4.03. The molecule has 1 amide bonds. The van der Waals surface area contributed by atoms with Gasteiger partial charge in [0.1, 0.15) is 6.54 Å². The normalized spacial score (nSPS) is 14.8. The highest BCUT2D eigenvalue weighted by Gasteiger charge is 2.34. The van der Waals surface area contributed by atoms with Gasteiger partial charge in [0.15, 0.2) is 0 Å². The van der Waals surface area contributed by atoms with Gasteiger partial charge in [-0.15, -0.1) is 0 Å². The predicted octanol–water partition coefficient (Wildman–Crippen LogP) is 4.49. The van der Waals surface area contributed by atoms with Crippen molar-refractivity contribution in [2.24, 2.45) is 0 Å². The minimum Gasteiger partial charge on any atom is -0.348 e. The summed E-state index contributed by atoms with van der Waals surface area (Å²) in [5.74, 6) is -0.637. The first kappa shape index (κ1) is 23.4. The first-order valence-corrected chi connectivity index (χ1v) is 11.8. The number of benzene rings is 2. The molecule has 0 aromatic heterocycles. The highest BCUT2D eigenvalue weighted by atomic mass is 35.5. The van der Waals surface area contributed by atoms with E-state index in [-0.39, 0.29) is 5.69 Å². The van der Waals surface area contributed by atoms with Crippen molar-refractivity contribution < 1.29 is 26.4 Å². The number of nitrogens with one attached hydrogen (secondary N) is 1. The molecule has 0 aliphatic heterocycles. The lowest BCUT2D eigenvalue weighted by molar-refractivity contribution is -0.137. The van der Waals surface area contributed by atoms with Gasteiger partial charge in [0.25, 0.3) is 0 Å². The molecule has 0 saturated carbocycles. The van der Waals surface area contributed by atoms with Crippen LogP contribution in [0, 0.1) is 0 Å². The second-order valence-electron chi connectivity index (χ2n) is 7.60. The number of hydrogen-bond acceptors (Lipinski definition) is 3. The zero-order valence-electron chi connectivity index (χ0n) is 17.0. The highest BCUT2D eigenvalue weighted by Crippen LogP contribution is 2.37. The zero-order valence-corrected chi connectivity index (χ0v) is 18.5. The van der Waals surface area contributed by atoms with Crippen molar-refractivity contribution in [1.29, 1.82) is 0 Å². The van der Waals surface area contributed by atoms with Crippen LogP contribution in [0.2, 0.25) is 5.02 Å². The van der Waals surface area contributed by atoms with E-state index in [0.717, 1.165) is 43.2 Å². The monoisotopic (exact) mass is 474 g/mol. The third-order valence-electron chi connectivity index (χ3n) is 5.23. The second kappa shape index (κ2) is 8.70. The Morgan fingerprint density at radius 3 is 2.48 bits per heavy atom. The molecule has 0 bridgehead atoms. The van der Waals surface area contributed by atoms with E-state index in [1.54, 1.807) is 6.92 Å². The molecule has 1 aliphatic rings. The van der Waals surface area contributed by atoms with Crippen LogP contribution in [-0.2, 0) is 33.8 Å². The molecule has 1 N–H and O–H groups in total. The maximum Gasteiger partial charge on any atom is 0.417 e. The Bertz CT molecular complexity index is 1100. The van der Waals surface area contributed by atoms with Crippen LogP contribution < -0.4 is 9.62 Å². The number of anilines is 1. The lowest BCUT2D eigenvalue weighted by atomic mass is 10.0. The molecule has 0 fully saturated rings. The Kier molecular flexibility index (Phi) is 6.57. The Morgan fingerprint density at radius 1 is 1.16 bits per heavy atom. The molecule has 10 heteroatoms. The molecule has 2 aromatic rings. The van der Waals surface area contributed by atoms with Crippen molar-refractivity contribution in [2.45, 2.75) is 38.4 Å². The van der Waals surface area contributed by atoms with E-state index in [2.05, 4.69) is 5.32 Å². The van der Waals surface area contributed by atoms with Crippen LogP contribution in [0.3, 0.4) is 0 Å². The van der Waals surface area contributed by atoms with Gasteiger partial charge in [0.2, 0.25) is 15.9 Å². The number of halogens is 4. The second-order valence-corrected chi connectivity index (χ2v) is 9.92. The van der Waals surface area contributed by atoms with Crippen molar-refractivity contribution in [3.63, 3.8) is 0 Å². The summed E-state index contributed by atoms with van der Waals surface area (Å²) in [5, 5.41) is 2.17. The van der Waals surface area contributed by atoms with Gasteiger partial charge in [-0.05, 0) is 61.1 Å². The third-order valence-corrected chi connectivity index (χ3v) is 6.70. The van der Waals surface area contributed by atoms with E-state index < -0.39 is 45.3 Å². The number of sulfonamides is 1. The maximum absolute atomic E-state index is 13.2. The molecular formula is C21H22ClF3N2O3S. The minimum absolute atomic E-state index is 0.292. The molecule has 31 heavy (non-hydrogen) atoms. The fourth-order valence-electron chi connectivity index (χ4n) is 3.65. The largest absolute Gasteiger partial charge is 0.417 e. The smallest absolute Gasteiger partial charge is 0.348 e. The van der Waals surface area contributed by atoms with Crippen LogP contribution in [0.15, 0.2) is 36.4 Å². The Morgan fingerprint density at radius 2 is 1.84 bits per heavy atom. The molecule has 1 unspecified atom stereocenters. The molecular weight excluding hydrogens is 453 g/mol. The van der Waals surface area contributed by atoms with Gasteiger partial charge in [-0.2, -0.15) is 13.2 Å². The summed E-state index contributed by atoms with van der Waals surface area (Å²) in [6.07, 6.45) is -0.846. The van der Waals surface area contributed by atoms with Crippen LogP contribution >= 0.6 is 11.6 Å². The number of alkyl halides is 3. The van der Waals surface area contributed by atoms with Crippen molar-refractivity contribution in [3.05, 3.63) is 63.7 Å². The van der Waals surface area contributed by atoms with Crippen LogP contribution in [-0.4, -0.2) is 27.1 Å². The van der Waals surface area contributed by atoms with Crippen molar-refractivity contribution in [2.75, 3.05) is 17.1 Å². The minimum atomic E-state index is -4.76. The first-order chi connectivity index (χ1) is 14.4. The molecule has 5 nitrogen and oxygen atoms in total. The van der Waals surface area contributed by atoms with Crippen molar-refractivity contribution in [1.82, 2.24) is 5.32 Å². The zero-order chi connectivity index (χ0) is 23.0. The lowest BCUT2D eigenvalue weighted by Gasteiger charge is -2.24. The SMILES string of the molecule is CC(NC(=O)CN(c1ccc(Cl)c(C(F)(F)F)c1)S(C)(=O)=O)c1ccc2c(c1)CCC2. The Hall–Kier alpha value is -2.26. The highest BCUT2D eigenvalue weighted by molar-refractivity contribution is 7.92. The average molecular weight is 475 g/mol. The Labute approximate surface area is 184 Å². The topological polar surface area (TPSA) is 66.5 Å². The molecule has 1 atom stereocenters. The maximum atomic E-state index is 13.2. The number of hydrogen-bond donors (Lipinski definition) is 1. The molecule has 3 rings (SSSR count). The van der Waals surface area contributed by atoms with Gasteiger partial charge in [-0.25, -0.2) is 8.42 Å². The number of carbonyl (C=O) groups excluding carboxylic acids is 1. The first-order valence-electron chi connectivity index (χ1n) is 9.62. The molecule has 168 valence electrons. The van der Waals surface area contributed by atoms with E-state index in [9.17, 15) is 26.4 Å². The quantitative estimate of drug-likeness (QED) is 0.670. The lowest BCUT2D eigenvalue weighted by Crippen LogP contribution is -2.41. The van der Waals surface area contributed by atoms with E-state index in [1.807, 2.05) is 18.2 Å². The van der Waals surface area contributed by atoms with Gasteiger partial charge < -0.3 is 5.32 Å². The Balaban J connectivity index is 1.80. The molecule has 0 heterocycles. The van der Waals surface area contributed by atoms with Crippen LogP contribution in [0.4, 0.5) is 18.9 Å². The van der Waals surface area contributed by atoms with Gasteiger partial charge in [-0.1, -0.05) is 29.8 Å². The predicted molar refractivity (Wildman–Crippen MR) is 114 cm³/mol. The van der Waals surface area contributed by atoms with Crippen molar-refractivity contribution in [3.8, 4) is 0 Å². The van der Waals surface area contributed by atoms with Gasteiger partial charge in [0.05, 0.1) is 28.6 Å². The molecule has 1 aliphatic carbocycles. The van der Waals surface area contributed by atoms with Gasteiger partial charge in [-0.3, -0.25) is 9.10 Å². The molecule has 2 aromatic carbocycles. The van der Waals surface area contributed by atoms with E-state index in [1.165, 1.54) is 11.1 Å². The van der Waals surface area contributed by atoms with E-state index >= 15 is 0 Å². The summed E-state index contributed by atoms with van der Waals surface area (Å²) >= 11 is 5.62. The number of rotatable bonds is 6. The summed E-state index contributed by atoms with van der Waals surface area (Å²) in [6.45, 7) is 1.11. The summed E-state index contributed by atoms with van der Waals surface area (Å²) < 4.78 is 64.6. The fourth-order valence-corrected chi connectivity index (χ4v) is 4.72. The number of aryl methyl sites for hydroxylation is 2. The number of fused-ring (bicyclic) bond motifs is 1. The van der Waals surface area contributed by atoms with Gasteiger partial charge >= 0.3 is 6.18 Å². The fraction of sp³-hybridized carbons (Fsp3) is 0.381. The molecule has 0 spiro atoms. The number of amides is 1. The van der Waals surface area contributed by atoms with Crippen molar-refractivity contribution >= 4 is 33.2 Å². The van der Waals surface area contributed by atoms with Crippen LogP contribution in [0.5, 0.6) is 0 Å². The van der Waals surface area contributed by atoms with Gasteiger partial charge in [0, 0.05) is 0 Å². The van der Waals surface area contributed by atoms with E-state index in [4.69, 9.17) is 11.6 Å². The summed E-state index contributed by atoms with van der Waals surface area (Å²) in [5.41, 5.74) is 1.93. The summed E-state index contributed by atoms with van der Waals surface area (Å²) in [6, 6.07) is 8.29. The molecule has 0 saturated heterocycles. The molecule has 0 radical (unpaired) electrons. The number of carbonyl (C=O) groups is 1. The number of nitrogens with zero attached hydrogens (tertiary/aromatic N) is 1. The third kappa shape index (κ3) is 5.51. The van der Waals surface area contributed by atoms with E-state index in [0.29, 0.717) is 10.4 Å². The van der Waals surface area contributed by atoms with Crippen LogP contribution in [0.1, 0.15) is 41.6 Å². The summed E-state index contributed by atoms with van der Waals surface area (Å²) in [4.78, 5) is 12.6. The standard InChI is InChI=1S/C21H22ClF3N2O3S/c1-13(15-7-6-14-4-3-5-16(14)10-15)26-20(28)12-27(31(2,29)30)17-8-9-19(22)18(11-17)21(23,24)25/h6-11,13H,3-5,12H2,1-2H3,(H,26,28).